The Balaban J connectivity index is 2.69. The van der Waals surface area contributed by atoms with E-state index in [1.165, 1.54) is 10.7 Å². The Morgan fingerprint density at radius 1 is 1.62 bits per heavy atom. The monoisotopic (exact) mass is 226 g/mol. The fourth-order valence-electron chi connectivity index (χ4n) is 1.26. The molecule has 0 bridgehead atoms. The molecule has 1 aromatic rings. The Morgan fingerprint density at radius 2 is 2.31 bits per heavy atom. The lowest BCUT2D eigenvalue weighted by Crippen LogP contribution is -2.08. The molecule has 90 valence electrons. The van der Waals surface area contributed by atoms with Crippen LogP contribution in [0.4, 0.5) is 0 Å². The van der Waals surface area contributed by atoms with Crippen LogP contribution in [0.15, 0.2) is 6.07 Å². The number of hydrogen-bond acceptors (Lipinski definition) is 4. The Hall–Kier alpha value is -1.52. The smallest absolute Gasteiger partial charge is 0.358 e. The van der Waals surface area contributed by atoms with Crippen molar-refractivity contribution in [3.8, 4) is 5.88 Å². The van der Waals surface area contributed by atoms with Gasteiger partial charge >= 0.3 is 5.97 Å². The maximum absolute atomic E-state index is 11.3. The van der Waals surface area contributed by atoms with Gasteiger partial charge in [-0.1, -0.05) is 13.8 Å². The zero-order chi connectivity index (χ0) is 12.1. The van der Waals surface area contributed by atoms with Crippen molar-refractivity contribution in [2.24, 2.45) is 5.92 Å². The molecule has 0 saturated heterocycles. The van der Waals surface area contributed by atoms with Crippen molar-refractivity contribution in [2.75, 3.05) is 6.61 Å². The molecule has 1 heterocycles. The van der Waals surface area contributed by atoms with Gasteiger partial charge in [0.25, 0.3) is 0 Å². The van der Waals surface area contributed by atoms with Crippen LogP contribution in [-0.2, 0) is 11.3 Å². The van der Waals surface area contributed by atoms with Gasteiger partial charge in [-0.15, -0.1) is 0 Å². The van der Waals surface area contributed by atoms with Crippen molar-refractivity contribution in [1.82, 2.24) is 9.78 Å². The molecule has 0 aliphatic carbocycles. The van der Waals surface area contributed by atoms with Crippen LogP contribution in [0, 0.1) is 5.92 Å². The molecule has 0 aliphatic rings. The van der Waals surface area contributed by atoms with Gasteiger partial charge in [0.15, 0.2) is 5.69 Å². The van der Waals surface area contributed by atoms with Crippen LogP contribution < -0.4 is 0 Å². The van der Waals surface area contributed by atoms with Crippen LogP contribution >= 0.6 is 0 Å². The highest BCUT2D eigenvalue weighted by Gasteiger charge is 2.14. The second-order valence-corrected chi connectivity index (χ2v) is 4.01. The van der Waals surface area contributed by atoms with Crippen molar-refractivity contribution in [3.05, 3.63) is 11.8 Å². The number of esters is 1. The van der Waals surface area contributed by atoms with E-state index >= 15 is 0 Å². The molecule has 0 radical (unpaired) electrons. The van der Waals surface area contributed by atoms with Gasteiger partial charge in [-0.05, 0) is 19.3 Å². The summed E-state index contributed by atoms with van der Waals surface area (Å²) in [6.45, 7) is 6.81. The normalized spacial score (nSPS) is 10.8. The van der Waals surface area contributed by atoms with E-state index in [9.17, 15) is 9.90 Å². The van der Waals surface area contributed by atoms with Crippen LogP contribution in [0.3, 0.4) is 0 Å². The van der Waals surface area contributed by atoms with Gasteiger partial charge in [0, 0.05) is 12.6 Å². The molecular weight excluding hydrogens is 208 g/mol. The second-order valence-electron chi connectivity index (χ2n) is 4.01. The lowest BCUT2D eigenvalue weighted by atomic mass is 10.1. The second kappa shape index (κ2) is 5.53. The number of nitrogens with zero attached hydrogens (tertiary/aromatic N) is 2. The number of ether oxygens (including phenoxy) is 1. The lowest BCUT2D eigenvalue weighted by molar-refractivity contribution is 0.0518. The zero-order valence-corrected chi connectivity index (χ0v) is 9.93. The van der Waals surface area contributed by atoms with Gasteiger partial charge in [-0.25, -0.2) is 9.48 Å². The van der Waals surface area contributed by atoms with Crippen molar-refractivity contribution >= 4 is 5.97 Å². The third-order valence-electron chi connectivity index (χ3n) is 2.16. The first-order valence-electron chi connectivity index (χ1n) is 5.48. The van der Waals surface area contributed by atoms with Gasteiger partial charge in [-0.3, -0.25) is 0 Å². The molecule has 0 saturated carbocycles. The average Bonchev–Trinajstić information content (AvgIpc) is 2.57. The fourth-order valence-corrected chi connectivity index (χ4v) is 1.26. The molecule has 0 spiro atoms. The summed E-state index contributed by atoms with van der Waals surface area (Å²) in [4.78, 5) is 11.3. The summed E-state index contributed by atoms with van der Waals surface area (Å²) in [6, 6.07) is 1.33. The molecule has 1 rings (SSSR count). The Labute approximate surface area is 95.0 Å². The number of aromatic nitrogens is 2. The number of rotatable bonds is 5. The van der Waals surface area contributed by atoms with E-state index in [0.29, 0.717) is 19.1 Å². The number of aryl methyl sites for hydroxylation is 1. The van der Waals surface area contributed by atoms with Crippen LogP contribution in [0.2, 0.25) is 0 Å². The summed E-state index contributed by atoms with van der Waals surface area (Å²) in [7, 11) is 0. The lowest BCUT2D eigenvalue weighted by Gasteiger charge is -2.05. The summed E-state index contributed by atoms with van der Waals surface area (Å²) >= 11 is 0. The minimum Gasteiger partial charge on any atom is -0.493 e. The molecule has 0 atom stereocenters. The molecule has 1 N–H and O–H groups in total. The standard InChI is InChI=1S/C11H18N2O3/c1-4-16-11(15)9-7-10(14)13(12-9)6-5-8(2)3/h7-8,14H,4-6H2,1-3H3. The van der Waals surface area contributed by atoms with Gasteiger partial charge < -0.3 is 9.84 Å². The van der Waals surface area contributed by atoms with E-state index in [2.05, 4.69) is 18.9 Å². The predicted molar refractivity (Wildman–Crippen MR) is 59.3 cm³/mol. The maximum atomic E-state index is 11.3. The third kappa shape index (κ3) is 3.25. The van der Waals surface area contributed by atoms with Crippen molar-refractivity contribution < 1.29 is 14.6 Å². The molecule has 0 aliphatic heterocycles. The number of aromatic hydroxyl groups is 1. The minimum absolute atomic E-state index is 0.00343. The molecular formula is C11H18N2O3. The minimum atomic E-state index is -0.499. The van der Waals surface area contributed by atoms with E-state index in [0.717, 1.165) is 6.42 Å². The van der Waals surface area contributed by atoms with Gasteiger partial charge in [0.1, 0.15) is 0 Å². The highest BCUT2D eigenvalue weighted by molar-refractivity contribution is 5.87. The van der Waals surface area contributed by atoms with Crippen LogP contribution in [0.1, 0.15) is 37.7 Å². The maximum Gasteiger partial charge on any atom is 0.358 e. The van der Waals surface area contributed by atoms with Crippen LogP contribution in [-0.4, -0.2) is 27.5 Å². The van der Waals surface area contributed by atoms with E-state index in [4.69, 9.17) is 4.74 Å². The number of carbonyl (C=O) groups is 1. The van der Waals surface area contributed by atoms with Crippen LogP contribution in [0.5, 0.6) is 5.88 Å². The first-order chi connectivity index (χ1) is 7.54. The molecule has 0 unspecified atom stereocenters. The quantitative estimate of drug-likeness (QED) is 0.778. The first kappa shape index (κ1) is 12.5. The van der Waals surface area contributed by atoms with E-state index in [1.807, 2.05) is 0 Å². The van der Waals surface area contributed by atoms with Crippen molar-refractivity contribution in [1.29, 1.82) is 0 Å². The summed E-state index contributed by atoms with van der Waals surface area (Å²) in [5.74, 6) is 0.0273. The highest BCUT2D eigenvalue weighted by Crippen LogP contribution is 2.14. The zero-order valence-electron chi connectivity index (χ0n) is 9.93. The van der Waals surface area contributed by atoms with Gasteiger partial charge in [-0.2, -0.15) is 5.10 Å². The number of hydrogen-bond donors (Lipinski definition) is 1. The van der Waals surface area contributed by atoms with E-state index in [1.54, 1.807) is 6.92 Å². The topological polar surface area (TPSA) is 64.3 Å². The number of carbonyl (C=O) groups excluding carboxylic acids is 1. The van der Waals surface area contributed by atoms with Crippen molar-refractivity contribution in [3.63, 3.8) is 0 Å². The Morgan fingerprint density at radius 3 is 2.88 bits per heavy atom. The van der Waals surface area contributed by atoms with E-state index in [-0.39, 0.29) is 11.6 Å². The molecule has 1 aromatic heterocycles. The van der Waals surface area contributed by atoms with Crippen molar-refractivity contribution in [2.45, 2.75) is 33.7 Å². The van der Waals surface area contributed by atoms with Crippen LogP contribution in [0.25, 0.3) is 0 Å². The Bertz CT molecular complexity index is 358. The van der Waals surface area contributed by atoms with E-state index < -0.39 is 5.97 Å². The molecule has 0 aromatic carbocycles. The molecule has 5 nitrogen and oxygen atoms in total. The fraction of sp³-hybridized carbons (Fsp3) is 0.636. The van der Waals surface area contributed by atoms with Gasteiger partial charge in [0.2, 0.25) is 5.88 Å². The first-order valence-corrected chi connectivity index (χ1v) is 5.48. The summed E-state index contributed by atoms with van der Waals surface area (Å²) < 4.78 is 6.22. The molecule has 0 amide bonds. The highest BCUT2D eigenvalue weighted by atomic mass is 16.5. The summed E-state index contributed by atoms with van der Waals surface area (Å²) in [5.41, 5.74) is 0.156. The SMILES string of the molecule is CCOC(=O)c1cc(O)n(CCC(C)C)n1. The third-order valence-corrected chi connectivity index (χ3v) is 2.16. The largest absolute Gasteiger partial charge is 0.493 e. The summed E-state index contributed by atoms with van der Waals surface area (Å²) in [5, 5.41) is 13.5. The molecule has 16 heavy (non-hydrogen) atoms. The Kier molecular flexibility index (Phi) is 4.34. The average molecular weight is 226 g/mol. The van der Waals surface area contributed by atoms with Gasteiger partial charge in [0.05, 0.1) is 6.61 Å². The molecule has 5 heteroatoms. The predicted octanol–water partition coefficient (Wildman–Crippen LogP) is 1.81. The molecule has 0 fully saturated rings. The summed E-state index contributed by atoms with van der Waals surface area (Å²) in [6.07, 6.45) is 0.900.